The topological polar surface area (TPSA) is 66.0 Å². The van der Waals surface area contributed by atoms with Gasteiger partial charge in [0.15, 0.2) is 5.76 Å². The standard InChI is InChI=1S/C19H13ClN2O2/c20-15-5-2-4-14(12-15)17-7-8-18(24-17)19(23)22-16-6-1-3-13(11-16)9-10-21/h1-8,11-12H,9H2,(H,22,23). The first-order valence-electron chi connectivity index (χ1n) is 7.29. The van der Waals surface area contributed by atoms with Gasteiger partial charge in [0.05, 0.1) is 12.5 Å². The molecular formula is C19H13ClN2O2. The summed E-state index contributed by atoms with van der Waals surface area (Å²) in [5.74, 6) is 0.425. The molecule has 0 aliphatic heterocycles. The molecule has 0 spiro atoms. The number of benzene rings is 2. The van der Waals surface area contributed by atoms with Crippen molar-refractivity contribution in [2.45, 2.75) is 6.42 Å². The van der Waals surface area contributed by atoms with Crippen molar-refractivity contribution < 1.29 is 9.21 Å². The average Bonchev–Trinajstić information content (AvgIpc) is 3.06. The molecule has 0 aliphatic rings. The number of carbonyl (C=O) groups excluding carboxylic acids is 1. The summed E-state index contributed by atoms with van der Waals surface area (Å²) >= 11 is 5.97. The number of carbonyl (C=O) groups is 1. The molecule has 0 fully saturated rings. The van der Waals surface area contributed by atoms with E-state index in [0.717, 1.165) is 11.1 Å². The number of hydrogen-bond acceptors (Lipinski definition) is 3. The van der Waals surface area contributed by atoms with Crippen molar-refractivity contribution in [2.75, 3.05) is 5.32 Å². The van der Waals surface area contributed by atoms with E-state index in [1.165, 1.54) is 0 Å². The lowest BCUT2D eigenvalue weighted by atomic mass is 10.1. The van der Waals surface area contributed by atoms with Crippen molar-refractivity contribution in [1.29, 1.82) is 5.26 Å². The summed E-state index contributed by atoms with van der Waals surface area (Å²) in [6.45, 7) is 0. The largest absolute Gasteiger partial charge is 0.451 e. The van der Waals surface area contributed by atoms with Gasteiger partial charge in [-0.05, 0) is 42.0 Å². The van der Waals surface area contributed by atoms with Crippen molar-refractivity contribution in [2.24, 2.45) is 0 Å². The molecular weight excluding hydrogens is 324 g/mol. The fraction of sp³-hybridized carbons (Fsp3) is 0.0526. The Morgan fingerprint density at radius 1 is 1.12 bits per heavy atom. The van der Waals surface area contributed by atoms with Gasteiger partial charge in [-0.2, -0.15) is 5.26 Å². The summed E-state index contributed by atoms with van der Waals surface area (Å²) in [4.78, 5) is 12.3. The van der Waals surface area contributed by atoms with Crippen LogP contribution in [0.3, 0.4) is 0 Å². The first-order chi connectivity index (χ1) is 11.7. The highest BCUT2D eigenvalue weighted by Crippen LogP contribution is 2.25. The Kier molecular flexibility index (Phi) is 4.64. The SMILES string of the molecule is N#CCc1cccc(NC(=O)c2ccc(-c3cccc(Cl)c3)o2)c1. The van der Waals surface area contributed by atoms with Gasteiger partial charge >= 0.3 is 0 Å². The fourth-order valence-corrected chi connectivity index (χ4v) is 2.49. The molecule has 1 aromatic heterocycles. The highest BCUT2D eigenvalue weighted by molar-refractivity contribution is 6.30. The Hall–Kier alpha value is -3.03. The van der Waals surface area contributed by atoms with Crippen molar-refractivity contribution >= 4 is 23.2 Å². The van der Waals surface area contributed by atoms with E-state index < -0.39 is 0 Å². The van der Waals surface area contributed by atoms with Gasteiger partial charge in [0.25, 0.3) is 5.91 Å². The summed E-state index contributed by atoms with van der Waals surface area (Å²) in [5, 5.41) is 12.1. The lowest BCUT2D eigenvalue weighted by molar-refractivity contribution is 0.0997. The van der Waals surface area contributed by atoms with Crippen LogP contribution in [0, 0.1) is 11.3 Å². The first-order valence-corrected chi connectivity index (χ1v) is 7.66. The zero-order chi connectivity index (χ0) is 16.9. The second-order valence-corrected chi connectivity index (χ2v) is 5.60. The molecule has 0 atom stereocenters. The Labute approximate surface area is 144 Å². The van der Waals surface area contributed by atoms with Gasteiger partial charge in [0.1, 0.15) is 5.76 Å². The van der Waals surface area contributed by atoms with E-state index in [-0.39, 0.29) is 11.7 Å². The van der Waals surface area contributed by atoms with E-state index in [4.69, 9.17) is 21.3 Å². The zero-order valence-corrected chi connectivity index (χ0v) is 13.4. The van der Waals surface area contributed by atoms with Gasteiger partial charge < -0.3 is 9.73 Å². The smallest absolute Gasteiger partial charge is 0.291 e. The highest BCUT2D eigenvalue weighted by Gasteiger charge is 2.13. The van der Waals surface area contributed by atoms with Crippen LogP contribution in [0.5, 0.6) is 0 Å². The maximum Gasteiger partial charge on any atom is 0.291 e. The Balaban J connectivity index is 1.77. The second-order valence-electron chi connectivity index (χ2n) is 5.16. The quantitative estimate of drug-likeness (QED) is 0.735. The van der Waals surface area contributed by atoms with Crippen molar-refractivity contribution in [1.82, 2.24) is 0 Å². The summed E-state index contributed by atoms with van der Waals surface area (Å²) in [5.41, 5.74) is 2.26. The third-order valence-electron chi connectivity index (χ3n) is 3.41. The summed E-state index contributed by atoms with van der Waals surface area (Å²) in [7, 11) is 0. The van der Waals surface area contributed by atoms with E-state index in [9.17, 15) is 4.79 Å². The van der Waals surface area contributed by atoms with Crippen molar-refractivity contribution in [3.8, 4) is 17.4 Å². The number of amides is 1. The van der Waals surface area contributed by atoms with Crippen LogP contribution in [0.15, 0.2) is 65.1 Å². The number of nitriles is 1. The minimum atomic E-state index is -0.350. The second kappa shape index (κ2) is 7.03. The normalized spacial score (nSPS) is 10.2. The van der Waals surface area contributed by atoms with E-state index >= 15 is 0 Å². The van der Waals surface area contributed by atoms with Gasteiger partial charge in [-0.15, -0.1) is 0 Å². The number of hydrogen-bond donors (Lipinski definition) is 1. The summed E-state index contributed by atoms with van der Waals surface area (Å²) < 4.78 is 5.61. The van der Waals surface area contributed by atoms with Crippen LogP contribution in [0.2, 0.25) is 5.02 Å². The van der Waals surface area contributed by atoms with Crippen molar-refractivity contribution in [3.05, 3.63) is 77.0 Å². The molecule has 1 N–H and O–H groups in total. The molecule has 0 saturated heterocycles. The molecule has 2 aromatic carbocycles. The average molecular weight is 337 g/mol. The number of anilines is 1. The molecule has 0 radical (unpaired) electrons. The van der Waals surface area contributed by atoms with Crippen LogP contribution in [0.4, 0.5) is 5.69 Å². The third kappa shape index (κ3) is 3.65. The number of furan rings is 1. The van der Waals surface area contributed by atoms with E-state index in [0.29, 0.717) is 22.9 Å². The van der Waals surface area contributed by atoms with E-state index in [1.807, 2.05) is 18.2 Å². The van der Waals surface area contributed by atoms with Crippen LogP contribution >= 0.6 is 11.6 Å². The number of halogens is 1. The third-order valence-corrected chi connectivity index (χ3v) is 3.64. The molecule has 4 nitrogen and oxygen atoms in total. The molecule has 24 heavy (non-hydrogen) atoms. The minimum absolute atomic E-state index is 0.204. The molecule has 3 aromatic rings. The van der Waals surface area contributed by atoms with Crippen LogP contribution in [-0.2, 0) is 6.42 Å². The highest BCUT2D eigenvalue weighted by atomic mass is 35.5. The maximum atomic E-state index is 12.3. The van der Waals surface area contributed by atoms with Crippen LogP contribution in [-0.4, -0.2) is 5.91 Å². The molecule has 0 bridgehead atoms. The first kappa shape index (κ1) is 15.9. The minimum Gasteiger partial charge on any atom is -0.451 e. The molecule has 1 heterocycles. The lowest BCUT2D eigenvalue weighted by Gasteiger charge is -2.04. The molecule has 3 rings (SSSR count). The van der Waals surface area contributed by atoms with Gasteiger partial charge in [-0.3, -0.25) is 4.79 Å². The maximum absolute atomic E-state index is 12.3. The Bertz CT molecular complexity index is 925. The predicted octanol–water partition coefficient (Wildman–Crippen LogP) is 4.92. The van der Waals surface area contributed by atoms with Crippen molar-refractivity contribution in [3.63, 3.8) is 0 Å². The van der Waals surface area contributed by atoms with E-state index in [1.54, 1.807) is 42.5 Å². The lowest BCUT2D eigenvalue weighted by Crippen LogP contribution is -2.10. The summed E-state index contributed by atoms with van der Waals surface area (Å²) in [6.07, 6.45) is 0.295. The van der Waals surface area contributed by atoms with Gasteiger partial charge in [0.2, 0.25) is 0 Å². The Morgan fingerprint density at radius 3 is 2.75 bits per heavy atom. The summed E-state index contributed by atoms with van der Waals surface area (Å²) in [6, 6.07) is 19.8. The van der Waals surface area contributed by atoms with Crippen LogP contribution < -0.4 is 5.32 Å². The zero-order valence-electron chi connectivity index (χ0n) is 12.6. The van der Waals surface area contributed by atoms with Crippen LogP contribution in [0.25, 0.3) is 11.3 Å². The van der Waals surface area contributed by atoms with Crippen LogP contribution in [0.1, 0.15) is 16.1 Å². The molecule has 1 amide bonds. The fourth-order valence-electron chi connectivity index (χ4n) is 2.30. The van der Waals surface area contributed by atoms with Gasteiger partial charge in [0, 0.05) is 16.3 Å². The monoisotopic (exact) mass is 336 g/mol. The Morgan fingerprint density at radius 2 is 1.96 bits per heavy atom. The molecule has 0 saturated carbocycles. The molecule has 118 valence electrons. The van der Waals surface area contributed by atoms with E-state index in [2.05, 4.69) is 11.4 Å². The molecule has 0 aliphatic carbocycles. The molecule has 0 unspecified atom stereocenters. The number of rotatable bonds is 4. The number of nitrogens with zero attached hydrogens (tertiary/aromatic N) is 1. The van der Waals surface area contributed by atoms with Gasteiger partial charge in [-0.25, -0.2) is 0 Å². The van der Waals surface area contributed by atoms with Gasteiger partial charge in [-0.1, -0.05) is 35.9 Å². The predicted molar refractivity (Wildman–Crippen MR) is 92.9 cm³/mol. The molecule has 5 heteroatoms. The number of nitrogens with one attached hydrogen (secondary N) is 1.